The van der Waals surface area contributed by atoms with Gasteiger partial charge in [0.15, 0.2) is 5.82 Å². The Morgan fingerprint density at radius 1 is 1.34 bits per heavy atom. The van der Waals surface area contributed by atoms with Gasteiger partial charge in [-0.3, -0.25) is 9.89 Å². The molecule has 1 amide bonds. The number of hydrogen-bond donors (Lipinski definition) is 2. The highest BCUT2D eigenvalue weighted by atomic mass is 19.1. The molecule has 0 aliphatic carbocycles. The lowest BCUT2D eigenvalue weighted by Crippen LogP contribution is -2.13. The second-order valence-electron chi connectivity index (χ2n) is 6.55. The van der Waals surface area contributed by atoms with Crippen molar-refractivity contribution in [3.05, 3.63) is 59.2 Å². The molecule has 3 aromatic heterocycles. The van der Waals surface area contributed by atoms with E-state index in [9.17, 15) is 9.18 Å². The van der Waals surface area contributed by atoms with Crippen molar-refractivity contribution in [2.45, 2.75) is 20.3 Å². The van der Waals surface area contributed by atoms with Crippen LogP contribution in [0, 0.1) is 12.7 Å². The lowest BCUT2D eigenvalue weighted by molar-refractivity contribution is 0.102. The van der Waals surface area contributed by atoms with Crippen molar-refractivity contribution in [2.75, 3.05) is 12.4 Å². The predicted molar refractivity (Wildman–Crippen MR) is 106 cm³/mol. The summed E-state index contributed by atoms with van der Waals surface area (Å²) in [5.41, 5.74) is 3.46. The van der Waals surface area contributed by atoms with Crippen LogP contribution in [0.5, 0.6) is 6.01 Å². The molecule has 29 heavy (non-hydrogen) atoms. The van der Waals surface area contributed by atoms with Gasteiger partial charge in [0.05, 0.1) is 30.0 Å². The first-order valence-electron chi connectivity index (χ1n) is 9.04. The van der Waals surface area contributed by atoms with Gasteiger partial charge in [-0.2, -0.15) is 10.1 Å². The third-order valence-corrected chi connectivity index (χ3v) is 4.70. The summed E-state index contributed by atoms with van der Waals surface area (Å²) in [5.74, 6) is -0.611. The van der Waals surface area contributed by atoms with Crippen molar-refractivity contribution in [3.63, 3.8) is 0 Å². The summed E-state index contributed by atoms with van der Waals surface area (Å²) in [6.07, 6.45) is 4.29. The van der Waals surface area contributed by atoms with E-state index in [-0.39, 0.29) is 23.3 Å². The van der Waals surface area contributed by atoms with Gasteiger partial charge in [-0.15, -0.1) is 5.10 Å². The molecule has 0 saturated carbocycles. The van der Waals surface area contributed by atoms with Crippen molar-refractivity contribution in [2.24, 2.45) is 0 Å². The van der Waals surface area contributed by atoms with Crippen LogP contribution in [0.15, 0.2) is 36.7 Å². The summed E-state index contributed by atoms with van der Waals surface area (Å²) in [4.78, 5) is 16.9. The highest BCUT2D eigenvalue weighted by molar-refractivity contribution is 6.09. The molecule has 1 aromatic carbocycles. The molecule has 8 nitrogen and oxygen atoms in total. The largest absolute Gasteiger partial charge is 0.466 e. The van der Waals surface area contributed by atoms with E-state index in [2.05, 4.69) is 32.5 Å². The summed E-state index contributed by atoms with van der Waals surface area (Å²) in [5, 5.41) is 13.6. The van der Waals surface area contributed by atoms with E-state index < -0.39 is 5.82 Å². The maximum Gasteiger partial charge on any atom is 0.335 e. The van der Waals surface area contributed by atoms with Gasteiger partial charge < -0.3 is 10.1 Å². The number of nitrogens with zero attached hydrogens (tertiary/aromatic N) is 4. The number of rotatable bonds is 5. The Balaban J connectivity index is 1.67. The molecule has 9 heteroatoms. The highest BCUT2D eigenvalue weighted by Gasteiger charge is 2.18. The maximum absolute atomic E-state index is 14.5. The smallest absolute Gasteiger partial charge is 0.335 e. The standard InChI is InChI=1S/C20H19FN6O2/c1-4-12-5-6-17-14(9-22-27(17)10-12)19(28)23-16-8-13(15(21)7-11(16)2)18-24-20(29-3)26-25-18/h5-10H,4H2,1-3H3,(H,23,28)(H,24,25,26). The van der Waals surface area contributed by atoms with Crippen LogP contribution in [0.1, 0.15) is 28.4 Å². The summed E-state index contributed by atoms with van der Waals surface area (Å²) < 4.78 is 21.1. The number of nitrogens with one attached hydrogen (secondary N) is 2. The van der Waals surface area contributed by atoms with E-state index in [1.54, 1.807) is 11.4 Å². The second-order valence-corrected chi connectivity index (χ2v) is 6.55. The van der Waals surface area contributed by atoms with Crippen LogP contribution >= 0.6 is 0 Å². The number of aromatic amines is 1. The molecular formula is C20H19FN6O2. The third-order valence-electron chi connectivity index (χ3n) is 4.70. The zero-order valence-corrected chi connectivity index (χ0v) is 16.2. The van der Waals surface area contributed by atoms with E-state index >= 15 is 0 Å². The van der Waals surface area contributed by atoms with Crippen molar-refractivity contribution in [1.29, 1.82) is 0 Å². The molecule has 3 heterocycles. The fourth-order valence-electron chi connectivity index (χ4n) is 3.05. The van der Waals surface area contributed by atoms with Crippen molar-refractivity contribution in [3.8, 4) is 17.4 Å². The Morgan fingerprint density at radius 3 is 2.90 bits per heavy atom. The van der Waals surface area contributed by atoms with Crippen molar-refractivity contribution >= 4 is 17.1 Å². The van der Waals surface area contributed by atoms with Crippen LogP contribution in [0.4, 0.5) is 10.1 Å². The minimum absolute atomic E-state index is 0.100. The van der Waals surface area contributed by atoms with Crippen LogP contribution in [0.3, 0.4) is 0 Å². The summed E-state index contributed by atoms with van der Waals surface area (Å²) in [7, 11) is 1.42. The Kier molecular flexibility index (Phi) is 4.71. The van der Waals surface area contributed by atoms with E-state index in [1.807, 2.05) is 18.3 Å². The number of anilines is 1. The molecule has 0 spiro atoms. The number of H-pyrrole nitrogens is 1. The number of halogens is 1. The number of hydrogen-bond acceptors (Lipinski definition) is 5. The number of ether oxygens (including phenoxy) is 1. The Bertz CT molecular complexity index is 1210. The van der Waals surface area contributed by atoms with Crippen LogP contribution in [-0.4, -0.2) is 37.8 Å². The topological polar surface area (TPSA) is 97.2 Å². The van der Waals surface area contributed by atoms with Gasteiger partial charge in [0.25, 0.3) is 5.91 Å². The van der Waals surface area contributed by atoms with Gasteiger partial charge in [0.1, 0.15) is 5.82 Å². The quantitative estimate of drug-likeness (QED) is 0.541. The minimum atomic E-state index is -0.484. The summed E-state index contributed by atoms with van der Waals surface area (Å²) in [6.45, 7) is 3.77. The average Bonchev–Trinajstić information content (AvgIpc) is 3.36. The van der Waals surface area contributed by atoms with E-state index in [1.165, 1.54) is 25.4 Å². The molecule has 2 N–H and O–H groups in total. The molecule has 0 saturated heterocycles. The first-order chi connectivity index (χ1) is 14.0. The monoisotopic (exact) mass is 394 g/mol. The van der Waals surface area contributed by atoms with Gasteiger partial charge in [-0.1, -0.05) is 13.0 Å². The highest BCUT2D eigenvalue weighted by Crippen LogP contribution is 2.28. The lowest BCUT2D eigenvalue weighted by Gasteiger charge is -2.10. The number of fused-ring (bicyclic) bond motifs is 1. The first kappa shape index (κ1) is 18.6. The number of amides is 1. The number of methoxy groups -OCH3 is 1. The molecule has 148 valence electrons. The minimum Gasteiger partial charge on any atom is -0.466 e. The van der Waals surface area contributed by atoms with Gasteiger partial charge in [0, 0.05) is 11.9 Å². The molecule has 0 bridgehead atoms. The molecule has 0 fully saturated rings. The zero-order valence-electron chi connectivity index (χ0n) is 16.2. The average molecular weight is 394 g/mol. The summed E-state index contributed by atoms with van der Waals surface area (Å²) in [6, 6.07) is 6.78. The molecule has 0 aliphatic rings. The number of carbonyl (C=O) groups excluding carboxylic acids is 1. The first-order valence-corrected chi connectivity index (χ1v) is 9.04. The molecule has 0 aliphatic heterocycles. The summed E-state index contributed by atoms with van der Waals surface area (Å²) >= 11 is 0. The Labute approximate surface area is 165 Å². The van der Waals surface area contributed by atoms with Crippen LogP contribution < -0.4 is 10.1 Å². The fraction of sp³-hybridized carbons (Fsp3) is 0.200. The molecule has 0 atom stereocenters. The zero-order chi connectivity index (χ0) is 20.5. The fourth-order valence-corrected chi connectivity index (χ4v) is 3.05. The maximum atomic E-state index is 14.5. The lowest BCUT2D eigenvalue weighted by atomic mass is 10.1. The third kappa shape index (κ3) is 3.42. The molecule has 4 rings (SSSR count). The molecule has 0 radical (unpaired) electrons. The molecule has 4 aromatic rings. The van der Waals surface area contributed by atoms with Gasteiger partial charge >= 0.3 is 6.01 Å². The number of aryl methyl sites for hydroxylation is 2. The van der Waals surface area contributed by atoms with Gasteiger partial charge in [-0.25, -0.2) is 8.91 Å². The van der Waals surface area contributed by atoms with Crippen LogP contribution in [0.25, 0.3) is 16.9 Å². The number of benzene rings is 1. The number of pyridine rings is 1. The normalized spacial score (nSPS) is 11.0. The number of aromatic nitrogens is 5. The number of carbonyl (C=O) groups is 1. The second kappa shape index (κ2) is 7.34. The van der Waals surface area contributed by atoms with Gasteiger partial charge in [-0.05, 0) is 42.7 Å². The predicted octanol–water partition coefficient (Wildman–Crippen LogP) is 3.39. The van der Waals surface area contributed by atoms with Crippen LogP contribution in [-0.2, 0) is 6.42 Å². The van der Waals surface area contributed by atoms with Crippen LogP contribution in [0.2, 0.25) is 0 Å². The Hall–Kier alpha value is -3.75. The van der Waals surface area contributed by atoms with E-state index in [4.69, 9.17) is 4.74 Å². The Morgan fingerprint density at radius 2 is 2.17 bits per heavy atom. The van der Waals surface area contributed by atoms with E-state index in [0.717, 1.165) is 12.0 Å². The van der Waals surface area contributed by atoms with Crippen molar-refractivity contribution < 1.29 is 13.9 Å². The van der Waals surface area contributed by atoms with E-state index in [0.29, 0.717) is 22.3 Å². The SMILES string of the molecule is CCc1ccc2c(C(=O)Nc3cc(-c4nc(OC)n[nH]4)c(F)cc3C)cnn2c1. The molecule has 0 unspecified atom stereocenters. The van der Waals surface area contributed by atoms with Crippen molar-refractivity contribution in [1.82, 2.24) is 24.8 Å². The van der Waals surface area contributed by atoms with Gasteiger partial charge in [0.2, 0.25) is 0 Å². The molecular weight excluding hydrogens is 375 g/mol.